The van der Waals surface area contributed by atoms with Crippen LogP contribution in [0, 0.1) is 0 Å². The molecule has 1 heterocycles. The van der Waals surface area contributed by atoms with Gasteiger partial charge in [0.25, 0.3) is 0 Å². The van der Waals surface area contributed by atoms with Gasteiger partial charge in [-0.25, -0.2) is 4.98 Å². The number of benzene rings is 1. The largest absolute Gasteiger partial charge is 0.497 e. The van der Waals surface area contributed by atoms with Crippen LogP contribution in [0.1, 0.15) is 26.7 Å². The van der Waals surface area contributed by atoms with Crippen LogP contribution in [0.4, 0.5) is 5.82 Å². The summed E-state index contributed by atoms with van der Waals surface area (Å²) in [6, 6.07) is 7.97. The van der Waals surface area contributed by atoms with E-state index >= 15 is 0 Å². The third-order valence-corrected chi connectivity index (χ3v) is 3.99. The van der Waals surface area contributed by atoms with Crippen molar-refractivity contribution >= 4 is 16.6 Å². The van der Waals surface area contributed by atoms with Gasteiger partial charge in [0, 0.05) is 23.7 Å². The highest BCUT2D eigenvalue weighted by atomic mass is 16.5. The Morgan fingerprint density at radius 1 is 1.25 bits per heavy atom. The lowest BCUT2D eigenvalue weighted by Crippen LogP contribution is -2.45. The SMILES string of the molecule is CCC(N)(CC)CNc1nccc2cc(OC)ccc12. The zero-order valence-corrected chi connectivity index (χ0v) is 12.4. The summed E-state index contributed by atoms with van der Waals surface area (Å²) in [5.74, 6) is 1.73. The molecule has 0 saturated heterocycles. The van der Waals surface area contributed by atoms with Crippen molar-refractivity contribution in [2.45, 2.75) is 32.2 Å². The minimum atomic E-state index is -0.184. The highest BCUT2D eigenvalue weighted by Gasteiger charge is 2.20. The van der Waals surface area contributed by atoms with Crippen molar-refractivity contribution in [3.05, 3.63) is 30.5 Å². The Morgan fingerprint density at radius 3 is 2.65 bits per heavy atom. The summed E-state index contributed by atoms with van der Waals surface area (Å²) >= 11 is 0. The first kappa shape index (κ1) is 14.6. The van der Waals surface area contributed by atoms with Gasteiger partial charge in [0.05, 0.1) is 7.11 Å². The Bertz CT molecular complexity index is 579. The molecule has 2 aromatic rings. The van der Waals surface area contributed by atoms with E-state index in [1.807, 2.05) is 24.3 Å². The monoisotopic (exact) mass is 273 g/mol. The molecule has 0 amide bonds. The fourth-order valence-corrected chi connectivity index (χ4v) is 2.18. The van der Waals surface area contributed by atoms with E-state index in [2.05, 4.69) is 24.1 Å². The molecule has 0 spiro atoms. The summed E-state index contributed by atoms with van der Waals surface area (Å²) < 4.78 is 5.25. The Kier molecular flexibility index (Phi) is 4.45. The Morgan fingerprint density at radius 2 is 2.00 bits per heavy atom. The number of hydrogen-bond donors (Lipinski definition) is 2. The van der Waals surface area contributed by atoms with Crippen molar-refractivity contribution < 1.29 is 4.74 Å². The number of nitrogens with two attached hydrogens (primary N) is 1. The third-order valence-electron chi connectivity index (χ3n) is 3.99. The van der Waals surface area contributed by atoms with E-state index in [9.17, 15) is 0 Å². The van der Waals surface area contributed by atoms with Gasteiger partial charge in [0.15, 0.2) is 0 Å². The molecule has 0 aliphatic heterocycles. The van der Waals surface area contributed by atoms with E-state index in [1.165, 1.54) is 0 Å². The third kappa shape index (κ3) is 3.02. The van der Waals surface area contributed by atoms with Crippen molar-refractivity contribution in [3.63, 3.8) is 0 Å². The maximum absolute atomic E-state index is 6.32. The van der Waals surface area contributed by atoms with Gasteiger partial charge >= 0.3 is 0 Å². The van der Waals surface area contributed by atoms with Crippen molar-refractivity contribution in [2.75, 3.05) is 19.0 Å². The van der Waals surface area contributed by atoms with Gasteiger partial charge in [-0.3, -0.25) is 0 Å². The first-order valence-corrected chi connectivity index (χ1v) is 7.07. The number of pyridine rings is 1. The Balaban J connectivity index is 2.26. The topological polar surface area (TPSA) is 60.2 Å². The molecule has 0 unspecified atom stereocenters. The number of nitrogens with one attached hydrogen (secondary N) is 1. The molecule has 4 heteroatoms. The number of ether oxygens (including phenoxy) is 1. The van der Waals surface area contributed by atoms with Gasteiger partial charge in [0.2, 0.25) is 0 Å². The van der Waals surface area contributed by atoms with E-state index in [4.69, 9.17) is 10.5 Å². The van der Waals surface area contributed by atoms with E-state index < -0.39 is 0 Å². The van der Waals surface area contributed by atoms with Crippen LogP contribution in [-0.2, 0) is 0 Å². The zero-order valence-electron chi connectivity index (χ0n) is 12.4. The van der Waals surface area contributed by atoms with Crippen LogP contribution < -0.4 is 15.8 Å². The molecule has 2 rings (SSSR count). The number of nitrogens with zero attached hydrogens (tertiary/aromatic N) is 1. The molecule has 0 aliphatic rings. The number of fused-ring (bicyclic) bond motifs is 1. The molecule has 0 aliphatic carbocycles. The van der Waals surface area contributed by atoms with Gasteiger partial charge < -0.3 is 15.8 Å². The fraction of sp³-hybridized carbons (Fsp3) is 0.438. The molecule has 3 N–H and O–H groups in total. The van der Waals surface area contributed by atoms with Crippen LogP contribution in [0.3, 0.4) is 0 Å². The van der Waals surface area contributed by atoms with Crippen molar-refractivity contribution in [1.29, 1.82) is 0 Å². The van der Waals surface area contributed by atoms with Crippen LogP contribution in [0.2, 0.25) is 0 Å². The van der Waals surface area contributed by atoms with Crippen LogP contribution in [-0.4, -0.2) is 24.2 Å². The molecule has 4 nitrogen and oxygen atoms in total. The van der Waals surface area contributed by atoms with Crippen molar-refractivity contribution in [2.24, 2.45) is 5.73 Å². The molecular formula is C16H23N3O. The molecule has 0 saturated carbocycles. The molecule has 20 heavy (non-hydrogen) atoms. The second kappa shape index (κ2) is 6.09. The second-order valence-corrected chi connectivity index (χ2v) is 5.17. The molecule has 1 aromatic carbocycles. The van der Waals surface area contributed by atoms with Gasteiger partial charge in [0.1, 0.15) is 11.6 Å². The number of aromatic nitrogens is 1. The molecule has 1 aromatic heterocycles. The summed E-state index contributed by atoms with van der Waals surface area (Å²) in [4.78, 5) is 4.43. The summed E-state index contributed by atoms with van der Waals surface area (Å²) in [5.41, 5.74) is 6.14. The molecule has 0 radical (unpaired) electrons. The van der Waals surface area contributed by atoms with Crippen LogP contribution in [0.5, 0.6) is 5.75 Å². The summed E-state index contributed by atoms with van der Waals surface area (Å²) in [7, 11) is 1.67. The van der Waals surface area contributed by atoms with E-state index in [0.29, 0.717) is 0 Å². The van der Waals surface area contributed by atoms with Crippen LogP contribution >= 0.6 is 0 Å². The summed E-state index contributed by atoms with van der Waals surface area (Å²) in [6.45, 7) is 4.96. The lowest BCUT2D eigenvalue weighted by Gasteiger charge is -2.27. The van der Waals surface area contributed by atoms with Gasteiger partial charge in [-0.2, -0.15) is 0 Å². The van der Waals surface area contributed by atoms with E-state index in [-0.39, 0.29) is 5.54 Å². The van der Waals surface area contributed by atoms with Crippen LogP contribution in [0.15, 0.2) is 30.5 Å². The Hall–Kier alpha value is -1.81. The van der Waals surface area contributed by atoms with E-state index in [0.717, 1.165) is 41.7 Å². The van der Waals surface area contributed by atoms with Crippen LogP contribution in [0.25, 0.3) is 10.8 Å². The number of methoxy groups -OCH3 is 1. The average Bonchev–Trinajstić information content (AvgIpc) is 2.51. The second-order valence-electron chi connectivity index (χ2n) is 5.17. The predicted octanol–water partition coefficient (Wildman–Crippen LogP) is 3.17. The molecule has 0 fully saturated rings. The lowest BCUT2D eigenvalue weighted by atomic mass is 9.94. The van der Waals surface area contributed by atoms with Gasteiger partial charge in [-0.05, 0) is 42.5 Å². The van der Waals surface area contributed by atoms with Crippen molar-refractivity contribution in [3.8, 4) is 5.75 Å². The summed E-state index contributed by atoms with van der Waals surface area (Å²) in [5, 5.41) is 5.59. The number of anilines is 1. The normalized spacial score (nSPS) is 11.6. The average molecular weight is 273 g/mol. The zero-order chi connectivity index (χ0) is 14.6. The predicted molar refractivity (Wildman–Crippen MR) is 84.3 cm³/mol. The highest BCUT2D eigenvalue weighted by molar-refractivity contribution is 5.92. The smallest absolute Gasteiger partial charge is 0.133 e. The molecular weight excluding hydrogens is 250 g/mol. The molecule has 0 atom stereocenters. The first-order chi connectivity index (χ1) is 9.61. The Labute approximate surface area is 120 Å². The van der Waals surface area contributed by atoms with Crippen molar-refractivity contribution in [1.82, 2.24) is 4.98 Å². The highest BCUT2D eigenvalue weighted by Crippen LogP contribution is 2.25. The fourth-order valence-electron chi connectivity index (χ4n) is 2.18. The number of hydrogen-bond acceptors (Lipinski definition) is 4. The molecule has 0 bridgehead atoms. The first-order valence-electron chi connectivity index (χ1n) is 7.07. The number of rotatable bonds is 6. The standard InChI is InChI=1S/C16H23N3O/c1-4-16(17,5-2)11-19-15-14-7-6-13(20-3)10-12(14)8-9-18-15/h6-10H,4-5,11,17H2,1-3H3,(H,18,19). The maximum Gasteiger partial charge on any atom is 0.133 e. The quantitative estimate of drug-likeness (QED) is 0.848. The van der Waals surface area contributed by atoms with Gasteiger partial charge in [-0.15, -0.1) is 0 Å². The van der Waals surface area contributed by atoms with E-state index in [1.54, 1.807) is 13.3 Å². The lowest BCUT2D eigenvalue weighted by molar-refractivity contribution is 0.415. The minimum Gasteiger partial charge on any atom is -0.497 e. The minimum absolute atomic E-state index is 0.184. The summed E-state index contributed by atoms with van der Waals surface area (Å²) in [6.07, 6.45) is 3.68. The maximum atomic E-state index is 6.32. The van der Waals surface area contributed by atoms with Gasteiger partial charge in [-0.1, -0.05) is 13.8 Å². The molecule has 108 valence electrons.